The van der Waals surface area contributed by atoms with Crippen LogP contribution >= 0.6 is 0 Å². The van der Waals surface area contributed by atoms with Crippen molar-refractivity contribution in [1.29, 1.82) is 0 Å². The van der Waals surface area contributed by atoms with E-state index in [9.17, 15) is 5.11 Å². The first-order valence-corrected chi connectivity index (χ1v) is 8.37. The maximum Gasteiger partial charge on any atom is 0.0897 e. The van der Waals surface area contributed by atoms with Crippen molar-refractivity contribution in [3.8, 4) is 0 Å². The maximum atomic E-state index is 9.94. The summed E-state index contributed by atoms with van der Waals surface area (Å²) in [5.41, 5.74) is 0.305. The average Bonchev–Trinajstić information content (AvgIpc) is 3.21. The molecule has 0 spiro atoms. The summed E-state index contributed by atoms with van der Waals surface area (Å²) in [5.74, 6) is 1.27. The summed E-state index contributed by atoms with van der Waals surface area (Å²) in [6, 6.07) is 0. The molecule has 0 heterocycles. The van der Waals surface area contributed by atoms with Crippen molar-refractivity contribution in [2.75, 3.05) is 32.9 Å². The molecule has 4 nitrogen and oxygen atoms in total. The Labute approximate surface area is 128 Å². The van der Waals surface area contributed by atoms with Crippen molar-refractivity contribution in [3.05, 3.63) is 12.2 Å². The van der Waals surface area contributed by atoms with Gasteiger partial charge in [-0.05, 0) is 49.4 Å². The molecule has 2 aliphatic carbocycles. The van der Waals surface area contributed by atoms with E-state index < -0.39 is 6.10 Å². The van der Waals surface area contributed by atoms with E-state index >= 15 is 0 Å². The lowest BCUT2D eigenvalue weighted by molar-refractivity contribution is 0.0124. The van der Waals surface area contributed by atoms with Crippen molar-refractivity contribution in [3.63, 3.8) is 0 Å². The van der Waals surface area contributed by atoms with Crippen molar-refractivity contribution in [2.24, 2.45) is 17.3 Å². The number of nitrogens with one attached hydrogen (secondary N) is 1. The molecule has 0 aliphatic heterocycles. The topological polar surface area (TPSA) is 61.7 Å². The summed E-state index contributed by atoms with van der Waals surface area (Å²) in [7, 11) is 0. The lowest BCUT2D eigenvalue weighted by Gasteiger charge is -2.25. The number of aliphatic hydroxyl groups excluding tert-OH is 2. The Morgan fingerprint density at radius 1 is 1.33 bits per heavy atom. The number of ether oxygens (including phenoxy) is 1. The van der Waals surface area contributed by atoms with Crippen LogP contribution in [0.2, 0.25) is 0 Å². The molecule has 4 heteroatoms. The first kappa shape index (κ1) is 16.9. The zero-order valence-electron chi connectivity index (χ0n) is 13.3. The Balaban J connectivity index is 1.51. The average molecular weight is 297 g/mol. The van der Waals surface area contributed by atoms with E-state index in [-0.39, 0.29) is 6.61 Å². The molecule has 21 heavy (non-hydrogen) atoms. The number of hydrogen-bond donors (Lipinski definition) is 3. The van der Waals surface area contributed by atoms with Gasteiger partial charge in [-0.1, -0.05) is 19.1 Å². The summed E-state index contributed by atoms with van der Waals surface area (Å²) in [5, 5.41) is 22.3. The predicted molar refractivity (Wildman–Crippen MR) is 84.1 cm³/mol. The highest BCUT2D eigenvalue weighted by Gasteiger charge is 2.41. The van der Waals surface area contributed by atoms with E-state index in [4.69, 9.17) is 9.84 Å². The molecule has 0 aromatic rings. The minimum atomic E-state index is -0.440. The van der Waals surface area contributed by atoms with E-state index in [1.807, 2.05) is 0 Å². The van der Waals surface area contributed by atoms with Gasteiger partial charge in [0.2, 0.25) is 0 Å². The van der Waals surface area contributed by atoms with Gasteiger partial charge in [-0.15, -0.1) is 0 Å². The van der Waals surface area contributed by atoms with Gasteiger partial charge in [0.05, 0.1) is 19.3 Å². The predicted octanol–water partition coefficient (Wildman–Crippen LogP) is 1.72. The third-order valence-corrected chi connectivity index (χ3v) is 5.04. The van der Waals surface area contributed by atoms with Crippen LogP contribution in [0.3, 0.4) is 0 Å². The molecule has 0 radical (unpaired) electrons. The first-order chi connectivity index (χ1) is 10.2. The van der Waals surface area contributed by atoms with Crippen LogP contribution in [0.1, 0.15) is 39.0 Å². The van der Waals surface area contributed by atoms with Crippen LogP contribution in [0.15, 0.2) is 12.2 Å². The van der Waals surface area contributed by atoms with Crippen molar-refractivity contribution < 1.29 is 14.9 Å². The molecule has 3 N–H and O–H groups in total. The Bertz CT molecular complexity index is 328. The molecule has 1 fully saturated rings. The number of allylic oxidation sites excluding steroid dienone is 2. The van der Waals surface area contributed by atoms with Gasteiger partial charge in [0, 0.05) is 19.7 Å². The highest BCUT2D eigenvalue weighted by Crippen LogP contribution is 2.47. The van der Waals surface area contributed by atoms with E-state index in [1.165, 1.54) is 12.8 Å². The number of aliphatic hydroxyl groups is 2. The summed E-state index contributed by atoms with van der Waals surface area (Å²) in [6.45, 7) is 5.17. The largest absolute Gasteiger partial charge is 0.396 e. The van der Waals surface area contributed by atoms with Crippen LogP contribution in [0.25, 0.3) is 0 Å². The highest BCUT2D eigenvalue weighted by molar-refractivity contribution is 4.95. The first-order valence-electron chi connectivity index (χ1n) is 8.37. The molecule has 3 atom stereocenters. The van der Waals surface area contributed by atoms with E-state index in [0.717, 1.165) is 32.4 Å². The maximum absolute atomic E-state index is 9.94. The smallest absolute Gasteiger partial charge is 0.0897 e. The lowest BCUT2D eigenvalue weighted by atomic mass is 9.85. The Hall–Kier alpha value is -0.420. The van der Waals surface area contributed by atoms with Crippen LogP contribution in [-0.4, -0.2) is 49.2 Å². The molecular formula is C17H31NO3. The Morgan fingerprint density at radius 3 is 2.76 bits per heavy atom. The second kappa shape index (κ2) is 8.28. The summed E-state index contributed by atoms with van der Waals surface area (Å²) in [4.78, 5) is 0. The van der Waals surface area contributed by atoms with Gasteiger partial charge in [0.25, 0.3) is 0 Å². The molecule has 3 unspecified atom stereocenters. The van der Waals surface area contributed by atoms with Gasteiger partial charge >= 0.3 is 0 Å². The Morgan fingerprint density at radius 2 is 2.10 bits per heavy atom. The summed E-state index contributed by atoms with van der Waals surface area (Å²) < 4.78 is 5.69. The normalized spacial score (nSPS) is 28.5. The highest BCUT2D eigenvalue weighted by atomic mass is 16.5. The van der Waals surface area contributed by atoms with Crippen molar-refractivity contribution in [1.82, 2.24) is 5.32 Å². The fraction of sp³-hybridized carbons (Fsp3) is 0.882. The van der Waals surface area contributed by atoms with E-state index in [2.05, 4.69) is 24.4 Å². The van der Waals surface area contributed by atoms with Gasteiger partial charge in [-0.2, -0.15) is 0 Å². The van der Waals surface area contributed by atoms with Gasteiger partial charge in [-0.3, -0.25) is 0 Å². The van der Waals surface area contributed by atoms with Crippen LogP contribution < -0.4 is 5.32 Å². The number of rotatable bonds is 10. The van der Waals surface area contributed by atoms with Crippen LogP contribution in [0, 0.1) is 17.3 Å². The molecule has 1 saturated carbocycles. The fourth-order valence-electron chi connectivity index (χ4n) is 3.09. The molecular weight excluding hydrogens is 266 g/mol. The zero-order chi connectivity index (χ0) is 15.1. The van der Waals surface area contributed by atoms with Crippen molar-refractivity contribution in [2.45, 2.75) is 45.1 Å². The van der Waals surface area contributed by atoms with E-state index in [0.29, 0.717) is 30.4 Å². The summed E-state index contributed by atoms with van der Waals surface area (Å²) in [6.07, 6.45) is 9.55. The molecule has 0 amide bonds. The minimum Gasteiger partial charge on any atom is -0.396 e. The molecule has 0 aromatic heterocycles. The van der Waals surface area contributed by atoms with Crippen LogP contribution in [-0.2, 0) is 4.74 Å². The quantitative estimate of drug-likeness (QED) is 0.537. The van der Waals surface area contributed by atoms with Crippen molar-refractivity contribution >= 4 is 0 Å². The fourth-order valence-corrected chi connectivity index (χ4v) is 3.09. The third-order valence-electron chi connectivity index (χ3n) is 5.04. The van der Waals surface area contributed by atoms with Gasteiger partial charge < -0.3 is 20.3 Å². The molecule has 0 saturated heterocycles. The van der Waals surface area contributed by atoms with Gasteiger partial charge in [0.1, 0.15) is 0 Å². The monoisotopic (exact) mass is 297 g/mol. The standard InChI is InChI=1S/C17H31NO3/c1-14-4-2-3-5-15(14)11-21-12-16(20)10-18-13-17(6-7-17)8-9-19/h2-3,14-16,18-20H,4-13H2,1H3. The third kappa shape index (κ3) is 5.70. The minimum absolute atomic E-state index is 0.265. The van der Waals surface area contributed by atoms with Gasteiger partial charge in [-0.25, -0.2) is 0 Å². The number of hydrogen-bond acceptors (Lipinski definition) is 4. The zero-order valence-corrected chi connectivity index (χ0v) is 13.3. The van der Waals surface area contributed by atoms with Gasteiger partial charge in [0.15, 0.2) is 0 Å². The van der Waals surface area contributed by atoms with E-state index in [1.54, 1.807) is 0 Å². The summed E-state index contributed by atoms with van der Waals surface area (Å²) >= 11 is 0. The molecule has 2 aliphatic rings. The second-order valence-corrected chi connectivity index (χ2v) is 6.98. The molecule has 0 aromatic carbocycles. The molecule has 2 rings (SSSR count). The SMILES string of the molecule is CC1CC=CCC1COCC(O)CNCC1(CCO)CC1. The van der Waals surface area contributed by atoms with Crippen LogP contribution in [0.5, 0.6) is 0 Å². The second-order valence-electron chi connectivity index (χ2n) is 6.98. The Kier molecular flexibility index (Phi) is 6.68. The molecule has 0 bridgehead atoms. The lowest BCUT2D eigenvalue weighted by Crippen LogP contribution is -2.35. The van der Waals surface area contributed by atoms with Crippen LogP contribution in [0.4, 0.5) is 0 Å². The molecule has 122 valence electrons.